The van der Waals surface area contributed by atoms with Crippen molar-refractivity contribution in [1.29, 1.82) is 0 Å². The molecule has 5 heteroatoms. The van der Waals surface area contributed by atoms with Crippen LogP contribution in [0.15, 0.2) is 78.9 Å². The first-order chi connectivity index (χ1) is 14.6. The summed E-state index contributed by atoms with van der Waals surface area (Å²) in [6.45, 7) is 2.47. The number of fused-ring (bicyclic) bond motifs is 1. The van der Waals surface area contributed by atoms with E-state index in [0.29, 0.717) is 23.7 Å². The topological polar surface area (TPSA) is 58.6 Å². The summed E-state index contributed by atoms with van der Waals surface area (Å²) in [6, 6.07) is 23.0. The number of ether oxygens (including phenoxy) is 1. The second-order valence-corrected chi connectivity index (χ2v) is 7.17. The van der Waals surface area contributed by atoms with Gasteiger partial charge in [0.25, 0.3) is 5.91 Å². The standard InChI is InChI=1S/C25H22N2O3/c1-18-7-9-19(10-8-18)11-14-24(28)26-21-12-13-23-22(15-21)27(25(29)17-30-23)16-20-5-3-2-4-6-20/h2-15H,16-17H2,1H3,(H,26,28)/b14-11+. The van der Waals surface area contributed by atoms with Gasteiger partial charge < -0.3 is 15.0 Å². The number of hydrogen-bond acceptors (Lipinski definition) is 3. The maximum Gasteiger partial charge on any atom is 0.265 e. The number of rotatable bonds is 5. The molecule has 150 valence electrons. The van der Waals surface area contributed by atoms with E-state index in [0.717, 1.165) is 11.1 Å². The lowest BCUT2D eigenvalue weighted by Crippen LogP contribution is -2.38. The van der Waals surface area contributed by atoms with Gasteiger partial charge in [0.1, 0.15) is 5.75 Å². The van der Waals surface area contributed by atoms with Crippen LogP contribution in [0, 0.1) is 6.92 Å². The molecule has 2 amide bonds. The highest BCUT2D eigenvalue weighted by molar-refractivity contribution is 6.03. The van der Waals surface area contributed by atoms with Crippen molar-refractivity contribution < 1.29 is 14.3 Å². The quantitative estimate of drug-likeness (QED) is 0.641. The van der Waals surface area contributed by atoms with Crippen molar-refractivity contribution in [3.8, 4) is 5.75 Å². The van der Waals surface area contributed by atoms with E-state index in [1.54, 1.807) is 29.2 Å². The minimum atomic E-state index is -0.242. The number of benzene rings is 3. The molecular weight excluding hydrogens is 376 g/mol. The van der Waals surface area contributed by atoms with Crippen molar-refractivity contribution >= 4 is 29.3 Å². The molecule has 4 rings (SSSR count). The largest absolute Gasteiger partial charge is 0.482 e. The summed E-state index contributed by atoms with van der Waals surface area (Å²) < 4.78 is 5.56. The Morgan fingerprint density at radius 1 is 1.07 bits per heavy atom. The minimum Gasteiger partial charge on any atom is -0.482 e. The molecule has 0 aromatic heterocycles. The Balaban J connectivity index is 1.51. The van der Waals surface area contributed by atoms with Gasteiger partial charge in [0.05, 0.1) is 12.2 Å². The molecule has 0 atom stereocenters. The third kappa shape index (κ3) is 4.58. The van der Waals surface area contributed by atoms with Crippen LogP contribution in [0.25, 0.3) is 6.08 Å². The van der Waals surface area contributed by atoms with Gasteiger partial charge in [0.2, 0.25) is 5.91 Å². The van der Waals surface area contributed by atoms with E-state index in [9.17, 15) is 9.59 Å². The second kappa shape index (κ2) is 8.66. The Hall–Kier alpha value is -3.86. The highest BCUT2D eigenvalue weighted by atomic mass is 16.5. The zero-order chi connectivity index (χ0) is 20.9. The fourth-order valence-corrected chi connectivity index (χ4v) is 3.25. The summed E-state index contributed by atoms with van der Waals surface area (Å²) in [6.07, 6.45) is 3.26. The van der Waals surface area contributed by atoms with Crippen molar-refractivity contribution in [2.45, 2.75) is 13.5 Å². The molecule has 0 aliphatic carbocycles. The maximum atomic E-state index is 12.5. The molecule has 5 nitrogen and oxygen atoms in total. The molecule has 1 aliphatic rings. The molecular formula is C25H22N2O3. The van der Waals surface area contributed by atoms with Crippen LogP contribution >= 0.6 is 0 Å². The molecule has 0 radical (unpaired) electrons. The fraction of sp³-hybridized carbons (Fsp3) is 0.120. The van der Waals surface area contributed by atoms with E-state index in [1.807, 2.05) is 61.5 Å². The predicted molar refractivity (Wildman–Crippen MR) is 118 cm³/mol. The first-order valence-corrected chi connectivity index (χ1v) is 9.75. The molecule has 30 heavy (non-hydrogen) atoms. The number of carbonyl (C=O) groups is 2. The molecule has 3 aromatic rings. The summed E-state index contributed by atoms with van der Waals surface area (Å²) >= 11 is 0. The van der Waals surface area contributed by atoms with Gasteiger partial charge >= 0.3 is 0 Å². The van der Waals surface area contributed by atoms with E-state index >= 15 is 0 Å². The van der Waals surface area contributed by atoms with Crippen molar-refractivity contribution in [3.05, 3.63) is 95.6 Å². The lowest BCUT2D eigenvalue weighted by molar-refractivity contribution is -0.121. The predicted octanol–water partition coefficient (Wildman–Crippen LogP) is 4.57. The van der Waals surface area contributed by atoms with Crippen LogP contribution < -0.4 is 15.0 Å². The zero-order valence-electron chi connectivity index (χ0n) is 16.7. The Kier molecular flexibility index (Phi) is 5.61. The van der Waals surface area contributed by atoms with Gasteiger partial charge in [-0.2, -0.15) is 0 Å². The Morgan fingerprint density at radius 3 is 2.60 bits per heavy atom. The average molecular weight is 398 g/mol. The fourth-order valence-electron chi connectivity index (χ4n) is 3.25. The van der Waals surface area contributed by atoms with Crippen LogP contribution in [0.3, 0.4) is 0 Å². The molecule has 0 fully saturated rings. The number of aryl methyl sites for hydroxylation is 1. The molecule has 1 heterocycles. The molecule has 1 N–H and O–H groups in total. The van der Waals surface area contributed by atoms with Gasteiger partial charge in [-0.25, -0.2) is 0 Å². The number of anilines is 2. The lowest BCUT2D eigenvalue weighted by Gasteiger charge is -2.30. The van der Waals surface area contributed by atoms with Crippen LogP contribution in [-0.4, -0.2) is 18.4 Å². The van der Waals surface area contributed by atoms with E-state index < -0.39 is 0 Å². The Bertz CT molecular complexity index is 1090. The molecule has 1 aliphatic heterocycles. The van der Waals surface area contributed by atoms with E-state index in [1.165, 1.54) is 11.6 Å². The second-order valence-electron chi connectivity index (χ2n) is 7.17. The monoisotopic (exact) mass is 398 g/mol. The van der Waals surface area contributed by atoms with Crippen molar-refractivity contribution in [3.63, 3.8) is 0 Å². The van der Waals surface area contributed by atoms with Gasteiger partial charge in [-0.15, -0.1) is 0 Å². The summed E-state index contributed by atoms with van der Waals surface area (Å²) in [5, 5.41) is 2.85. The van der Waals surface area contributed by atoms with Crippen molar-refractivity contribution in [2.24, 2.45) is 0 Å². The first-order valence-electron chi connectivity index (χ1n) is 9.75. The number of nitrogens with zero attached hydrogens (tertiary/aromatic N) is 1. The van der Waals surface area contributed by atoms with Gasteiger partial charge in [-0.3, -0.25) is 9.59 Å². The zero-order valence-corrected chi connectivity index (χ0v) is 16.7. The molecule has 3 aromatic carbocycles. The summed E-state index contributed by atoms with van der Waals surface area (Å²) in [5.41, 5.74) is 4.39. The van der Waals surface area contributed by atoms with Gasteiger partial charge in [0.15, 0.2) is 6.61 Å². The third-order valence-corrected chi connectivity index (χ3v) is 4.86. The van der Waals surface area contributed by atoms with Gasteiger partial charge in [0, 0.05) is 11.8 Å². The summed E-state index contributed by atoms with van der Waals surface area (Å²) in [7, 11) is 0. The molecule has 0 spiro atoms. The molecule has 0 unspecified atom stereocenters. The molecule has 0 saturated heterocycles. The Morgan fingerprint density at radius 2 is 1.83 bits per heavy atom. The van der Waals surface area contributed by atoms with Crippen molar-refractivity contribution in [2.75, 3.05) is 16.8 Å². The smallest absolute Gasteiger partial charge is 0.265 e. The Labute approximate surface area is 175 Å². The third-order valence-electron chi connectivity index (χ3n) is 4.86. The average Bonchev–Trinajstić information content (AvgIpc) is 2.76. The van der Waals surface area contributed by atoms with E-state index in [2.05, 4.69) is 5.32 Å². The van der Waals surface area contributed by atoms with Crippen LogP contribution in [0.5, 0.6) is 5.75 Å². The van der Waals surface area contributed by atoms with Crippen LogP contribution in [0.2, 0.25) is 0 Å². The molecule has 0 bridgehead atoms. The maximum absolute atomic E-state index is 12.5. The highest BCUT2D eigenvalue weighted by Crippen LogP contribution is 2.35. The highest BCUT2D eigenvalue weighted by Gasteiger charge is 2.26. The van der Waals surface area contributed by atoms with E-state index in [-0.39, 0.29) is 18.4 Å². The number of hydrogen-bond donors (Lipinski definition) is 1. The lowest BCUT2D eigenvalue weighted by atomic mass is 10.1. The van der Waals surface area contributed by atoms with Gasteiger partial charge in [-0.05, 0) is 42.3 Å². The first kappa shape index (κ1) is 19.5. The van der Waals surface area contributed by atoms with Crippen LogP contribution in [0.1, 0.15) is 16.7 Å². The van der Waals surface area contributed by atoms with E-state index in [4.69, 9.17) is 4.74 Å². The summed E-state index contributed by atoms with van der Waals surface area (Å²) in [5.74, 6) is 0.265. The normalized spacial score (nSPS) is 13.1. The number of amides is 2. The van der Waals surface area contributed by atoms with Crippen LogP contribution in [-0.2, 0) is 16.1 Å². The van der Waals surface area contributed by atoms with Crippen molar-refractivity contribution in [1.82, 2.24) is 0 Å². The number of carbonyl (C=O) groups excluding carboxylic acids is 2. The minimum absolute atomic E-state index is 0.00479. The van der Waals surface area contributed by atoms with Gasteiger partial charge in [-0.1, -0.05) is 60.2 Å². The SMILES string of the molecule is Cc1ccc(/C=C/C(=O)Nc2ccc3c(c2)N(Cc2ccccc2)C(=O)CO3)cc1. The molecule has 0 saturated carbocycles. The summed E-state index contributed by atoms with van der Waals surface area (Å²) in [4.78, 5) is 26.5. The number of nitrogens with one attached hydrogen (secondary N) is 1. The van der Waals surface area contributed by atoms with Crippen LogP contribution in [0.4, 0.5) is 11.4 Å².